The Labute approximate surface area is 111 Å². The van der Waals surface area contributed by atoms with Gasteiger partial charge in [0.25, 0.3) is 0 Å². The predicted molar refractivity (Wildman–Crippen MR) is 79.4 cm³/mol. The normalized spacial score (nSPS) is 20.1. The first-order valence-electron chi connectivity index (χ1n) is 7.18. The van der Waals surface area contributed by atoms with Gasteiger partial charge in [0.05, 0.1) is 0 Å². The minimum Gasteiger partial charge on any atom is -0.370 e. The van der Waals surface area contributed by atoms with Gasteiger partial charge < -0.3 is 10.2 Å². The van der Waals surface area contributed by atoms with Crippen LogP contribution in [0.2, 0.25) is 0 Å². The first-order valence-corrected chi connectivity index (χ1v) is 7.18. The van der Waals surface area contributed by atoms with Crippen LogP contribution in [0.4, 0.5) is 5.69 Å². The van der Waals surface area contributed by atoms with E-state index in [0.29, 0.717) is 18.0 Å². The second-order valence-corrected chi connectivity index (χ2v) is 5.97. The molecular weight excluding hydrogens is 220 g/mol. The number of hydrogen-bond donors (Lipinski definition) is 1. The number of anilines is 1. The first kappa shape index (κ1) is 13.4. The van der Waals surface area contributed by atoms with E-state index < -0.39 is 0 Å². The summed E-state index contributed by atoms with van der Waals surface area (Å²) in [5, 5.41) is 3.65. The molecular formula is C16H26N2. The predicted octanol–water partition coefficient (Wildman–Crippen LogP) is 3.39. The zero-order valence-corrected chi connectivity index (χ0v) is 12.1. The molecule has 1 unspecified atom stereocenters. The third kappa shape index (κ3) is 3.05. The summed E-state index contributed by atoms with van der Waals surface area (Å²) in [6.45, 7) is 11.3. The molecule has 2 heteroatoms. The quantitative estimate of drug-likeness (QED) is 0.876. The topological polar surface area (TPSA) is 15.3 Å². The molecule has 1 aromatic rings. The molecule has 1 heterocycles. The Morgan fingerprint density at radius 3 is 2.56 bits per heavy atom. The minimum atomic E-state index is 0.579. The molecule has 0 saturated carbocycles. The average Bonchev–Trinajstić information content (AvgIpc) is 2.76. The maximum absolute atomic E-state index is 3.65. The summed E-state index contributed by atoms with van der Waals surface area (Å²) in [4.78, 5) is 2.54. The Bertz CT molecular complexity index is 384. The Hall–Kier alpha value is -1.02. The van der Waals surface area contributed by atoms with E-state index in [0.717, 1.165) is 6.54 Å². The molecule has 18 heavy (non-hydrogen) atoms. The van der Waals surface area contributed by atoms with Crippen LogP contribution in [-0.2, 0) is 0 Å². The highest BCUT2D eigenvalue weighted by molar-refractivity contribution is 5.55. The highest BCUT2D eigenvalue weighted by atomic mass is 15.2. The van der Waals surface area contributed by atoms with Crippen molar-refractivity contribution >= 4 is 5.69 Å². The number of nitrogens with one attached hydrogen (secondary N) is 1. The number of rotatable bonds is 4. The standard InChI is InChI=1S/C16H26N2/c1-12(2)15-7-5-6-8-16(15)18-10-9-14(11-18)17-13(3)4/h5-8,12-14,17H,9-11H2,1-4H3. The number of nitrogens with zero attached hydrogens (tertiary/aromatic N) is 1. The summed E-state index contributed by atoms with van der Waals surface area (Å²) in [5.41, 5.74) is 2.91. The Morgan fingerprint density at radius 2 is 1.89 bits per heavy atom. The van der Waals surface area contributed by atoms with E-state index in [1.807, 2.05) is 0 Å². The summed E-state index contributed by atoms with van der Waals surface area (Å²) in [7, 11) is 0. The van der Waals surface area contributed by atoms with Gasteiger partial charge in [0.2, 0.25) is 0 Å². The van der Waals surface area contributed by atoms with Gasteiger partial charge in [-0.05, 0) is 24.0 Å². The fourth-order valence-electron chi connectivity index (χ4n) is 2.85. The smallest absolute Gasteiger partial charge is 0.0401 e. The Balaban J connectivity index is 2.09. The lowest BCUT2D eigenvalue weighted by Gasteiger charge is -2.24. The van der Waals surface area contributed by atoms with Gasteiger partial charge in [0.15, 0.2) is 0 Å². The summed E-state index contributed by atoms with van der Waals surface area (Å²) >= 11 is 0. The van der Waals surface area contributed by atoms with Crippen molar-refractivity contribution in [1.29, 1.82) is 0 Å². The molecule has 1 aliphatic rings. The van der Waals surface area contributed by atoms with Gasteiger partial charge in [-0.25, -0.2) is 0 Å². The second kappa shape index (κ2) is 5.75. The lowest BCUT2D eigenvalue weighted by Crippen LogP contribution is -2.37. The molecule has 0 amide bonds. The molecule has 1 atom stereocenters. The Morgan fingerprint density at radius 1 is 1.17 bits per heavy atom. The maximum atomic E-state index is 3.65. The van der Waals surface area contributed by atoms with Crippen LogP contribution >= 0.6 is 0 Å². The van der Waals surface area contributed by atoms with Crippen LogP contribution in [0, 0.1) is 0 Å². The van der Waals surface area contributed by atoms with E-state index in [9.17, 15) is 0 Å². The molecule has 1 aliphatic heterocycles. The third-order valence-corrected chi connectivity index (χ3v) is 3.66. The largest absolute Gasteiger partial charge is 0.370 e. The van der Waals surface area contributed by atoms with Gasteiger partial charge in [-0.15, -0.1) is 0 Å². The monoisotopic (exact) mass is 246 g/mol. The fraction of sp³-hybridized carbons (Fsp3) is 0.625. The molecule has 1 saturated heterocycles. The van der Waals surface area contributed by atoms with Crippen molar-refractivity contribution in [2.24, 2.45) is 0 Å². The molecule has 0 aromatic heterocycles. The van der Waals surface area contributed by atoms with E-state index >= 15 is 0 Å². The van der Waals surface area contributed by atoms with E-state index in [1.165, 1.54) is 24.2 Å². The van der Waals surface area contributed by atoms with Crippen LogP contribution < -0.4 is 10.2 Å². The van der Waals surface area contributed by atoms with Gasteiger partial charge in [-0.3, -0.25) is 0 Å². The fourth-order valence-corrected chi connectivity index (χ4v) is 2.85. The van der Waals surface area contributed by atoms with Crippen LogP contribution in [0.15, 0.2) is 24.3 Å². The Kier molecular flexibility index (Phi) is 4.28. The number of hydrogen-bond acceptors (Lipinski definition) is 2. The van der Waals surface area contributed by atoms with Crippen LogP contribution in [0.25, 0.3) is 0 Å². The molecule has 0 bridgehead atoms. The van der Waals surface area contributed by atoms with Crippen LogP contribution in [0.5, 0.6) is 0 Å². The lowest BCUT2D eigenvalue weighted by molar-refractivity contribution is 0.492. The van der Waals surface area contributed by atoms with Crippen molar-refractivity contribution in [3.63, 3.8) is 0 Å². The van der Waals surface area contributed by atoms with Gasteiger partial charge in [-0.2, -0.15) is 0 Å². The molecule has 2 rings (SSSR count). The van der Waals surface area contributed by atoms with Gasteiger partial charge in [0.1, 0.15) is 0 Å². The molecule has 1 fully saturated rings. The van der Waals surface area contributed by atoms with Crippen molar-refractivity contribution in [3.8, 4) is 0 Å². The maximum Gasteiger partial charge on any atom is 0.0401 e. The van der Waals surface area contributed by atoms with Crippen molar-refractivity contribution < 1.29 is 0 Å². The molecule has 0 spiro atoms. The molecule has 0 aliphatic carbocycles. The molecule has 0 radical (unpaired) electrons. The highest BCUT2D eigenvalue weighted by Crippen LogP contribution is 2.29. The molecule has 2 nitrogen and oxygen atoms in total. The van der Waals surface area contributed by atoms with Gasteiger partial charge in [-0.1, -0.05) is 45.9 Å². The average molecular weight is 246 g/mol. The van der Waals surface area contributed by atoms with Crippen molar-refractivity contribution in [3.05, 3.63) is 29.8 Å². The van der Waals surface area contributed by atoms with Crippen LogP contribution in [-0.4, -0.2) is 25.2 Å². The summed E-state index contributed by atoms with van der Waals surface area (Å²) in [6.07, 6.45) is 1.25. The number of benzene rings is 1. The molecule has 1 aromatic carbocycles. The lowest BCUT2D eigenvalue weighted by atomic mass is 10.0. The van der Waals surface area contributed by atoms with E-state index in [2.05, 4.69) is 62.2 Å². The molecule has 100 valence electrons. The van der Waals surface area contributed by atoms with Gasteiger partial charge in [0, 0.05) is 30.9 Å². The minimum absolute atomic E-state index is 0.579. The summed E-state index contributed by atoms with van der Waals surface area (Å²) in [6, 6.07) is 10.1. The van der Waals surface area contributed by atoms with E-state index in [-0.39, 0.29) is 0 Å². The zero-order valence-electron chi connectivity index (χ0n) is 12.1. The highest BCUT2D eigenvalue weighted by Gasteiger charge is 2.24. The second-order valence-electron chi connectivity index (χ2n) is 5.97. The van der Waals surface area contributed by atoms with Crippen LogP contribution in [0.1, 0.15) is 45.6 Å². The summed E-state index contributed by atoms with van der Waals surface area (Å²) in [5.74, 6) is 0.596. The molecule has 1 N–H and O–H groups in total. The van der Waals surface area contributed by atoms with Crippen LogP contribution in [0.3, 0.4) is 0 Å². The zero-order chi connectivity index (χ0) is 13.1. The van der Waals surface area contributed by atoms with Crippen molar-refractivity contribution in [1.82, 2.24) is 5.32 Å². The first-order chi connectivity index (χ1) is 8.58. The van der Waals surface area contributed by atoms with Crippen molar-refractivity contribution in [2.45, 2.75) is 52.1 Å². The SMILES string of the molecule is CC(C)NC1CCN(c2ccccc2C(C)C)C1. The summed E-state index contributed by atoms with van der Waals surface area (Å²) < 4.78 is 0. The third-order valence-electron chi connectivity index (χ3n) is 3.66. The van der Waals surface area contributed by atoms with E-state index in [1.54, 1.807) is 0 Å². The number of para-hydroxylation sites is 1. The van der Waals surface area contributed by atoms with E-state index in [4.69, 9.17) is 0 Å². The van der Waals surface area contributed by atoms with Gasteiger partial charge >= 0.3 is 0 Å². The van der Waals surface area contributed by atoms with Crippen molar-refractivity contribution in [2.75, 3.05) is 18.0 Å².